The molecule has 0 radical (unpaired) electrons. The van der Waals surface area contributed by atoms with E-state index in [0.717, 1.165) is 24.8 Å². The summed E-state index contributed by atoms with van der Waals surface area (Å²) in [6.45, 7) is 5.70. The van der Waals surface area contributed by atoms with Crippen molar-refractivity contribution in [3.05, 3.63) is 29.8 Å². The molecule has 1 fully saturated rings. The summed E-state index contributed by atoms with van der Waals surface area (Å²) in [4.78, 5) is 50.9. The zero-order valence-corrected chi connectivity index (χ0v) is 23.3. The Morgan fingerprint density at radius 1 is 1.08 bits per heavy atom. The predicted octanol–water partition coefficient (Wildman–Crippen LogP) is 3.28. The van der Waals surface area contributed by atoms with Crippen LogP contribution in [0.25, 0.3) is 0 Å². The monoisotopic (exact) mass is 537 g/mol. The fraction of sp³-hybridized carbons (Fsp3) is 0.615. The van der Waals surface area contributed by atoms with Crippen LogP contribution in [0.1, 0.15) is 58.4 Å². The summed E-state index contributed by atoms with van der Waals surface area (Å²) in [6.07, 6.45) is 4.58. The van der Waals surface area contributed by atoms with Gasteiger partial charge in [0.15, 0.2) is 0 Å². The smallest absolute Gasteiger partial charge is 0.289 e. The molecule has 8 nitrogen and oxygen atoms in total. The number of carbonyl (C=O) groups is 4. The van der Waals surface area contributed by atoms with Crippen LogP contribution in [0, 0.1) is 5.92 Å². The molecule has 2 rings (SSSR count). The quantitative estimate of drug-likeness (QED) is 0.179. The van der Waals surface area contributed by atoms with Crippen molar-refractivity contribution in [3.63, 3.8) is 0 Å². The molecule has 1 aromatic rings. The van der Waals surface area contributed by atoms with Crippen LogP contribution < -0.4 is 20.7 Å². The lowest BCUT2D eigenvalue weighted by atomic mass is 9.98. The topological polar surface area (TPSA) is 114 Å². The number of methoxy groups -OCH3 is 1. The number of likely N-dealkylation sites (N-methyl/N-ethyl adjacent to an activating group) is 1. The number of rotatable bonds is 15. The van der Waals surface area contributed by atoms with E-state index in [9.17, 15) is 19.2 Å². The van der Waals surface area contributed by atoms with Crippen LogP contribution in [-0.4, -0.2) is 60.2 Å². The summed E-state index contributed by atoms with van der Waals surface area (Å²) in [5.41, 5.74) is 0.766. The highest BCUT2D eigenvalue weighted by molar-refractivity contribution is 8.77. The van der Waals surface area contributed by atoms with E-state index < -0.39 is 29.7 Å². The summed E-state index contributed by atoms with van der Waals surface area (Å²) in [7, 11) is 5.41. The van der Waals surface area contributed by atoms with E-state index in [1.807, 2.05) is 35.4 Å². The van der Waals surface area contributed by atoms with Gasteiger partial charge in [-0.15, -0.1) is 0 Å². The third-order valence-corrected chi connectivity index (χ3v) is 8.97. The third kappa shape index (κ3) is 10.0. The summed E-state index contributed by atoms with van der Waals surface area (Å²) in [5.74, 6) is -0.464. The van der Waals surface area contributed by atoms with E-state index in [4.69, 9.17) is 4.74 Å². The van der Waals surface area contributed by atoms with Gasteiger partial charge in [-0.1, -0.05) is 54.0 Å². The molecule has 1 saturated heterocycles. The van der Waals surface area contributed by atoms with Gasteiger partial charge in [0, 0.05) is 30.4 Å². The minimum atomic E-state index is -1.06. The second-order valence-corrected chi connectivity index (χ2v) is 12.0. The number of Topliss-reactive ketones (excluding diaryl/α,β-unsaturated/α-hetero) is 1. The van der Waals surface area contributed by atoms with Gasteiger partial charge in [-0.2, -0.15) is 0 Å². The van der Waals surface area contributed by atoms with Crippen molar-refractivity contribution in [2.45, 2.75) is 76.6 Å². The Balaban J connectivity index is 1.99. The van der Waals surface area contributed by atoms with Crippen molar-refractivity contribution < 1.29 is 23.9 Å². The molecule has 3 unspecified atom stereocenters. The van der Waals surface area contributed by atoms with Crippen LogP contribution >= 0.6 is 21.6 Å². The highest BCUT2D eigenvalue weighted by Crippen LogP contribution is 2.39. The Morgan fingerprint density at radius 3 is 2.39 bits per heavy atom. The van der Waals surface area contributed by atoms with Crippen LogP contribution in [0.4, 0.5) is 0 Å². The molecule has 1 aliphatic rings. The summed E-state index contributed by atoms with van der Waals surface area (Å²) in [6, 6.07) is 5.22. The fourth-order valence-electron chi connectivity index (χ4n) is 3.88. The van der Waals surface area contributed by atoms with Crippen LogP contribution in [-0.2, 0) is 25.6 Å². The lowest BCUT2D eigenvalue weighted by Crippen LogP contribution is -2.56. The number of ether oxygens (including phenoxy) is 1. The highest BCUT2D eigenvalue weighted by Gasteiger charge is 2.31. The van der Waals surface area contributed by atoms with Crippen molar-refractivity contribution in [1.82, 2.24) is 16.0 Å². The summed E-state index contributed by atoms with van der Waals surface area (Å²) in [5, 5.41) is 8.74. The van der Waals surface area contributed by atoms with Crippen LogP contribution in [0.5, 0.6) is 5.75 Å². The van der Waals surface area contributed by atoms with Crippen molar-refractivity contribution in [2.75, 3.05) is 19.4 Å². The van der Waals surface area contributed by atoms with Gasteiger partial charge in [0.25, 0.3) is 5.91 Å². The Kier molecular flexibility index (Phi) is 13.2. The maximum Gasteiger partial charge on any atom is 0.289 e. The zero-order chi connectivity index (χ0) is 26.5. The Morgan fingerprint density at radius 2 is 1.81 bits per heavy atom. The molecule has 3 amide bonds. The molecule has 3 N–H and O–H groups in total. The van der Waals surface area contributed by atoms with Crippen LogP contribution in [0.3, 0.4) is 0 Å². The molecule has 1 aromatic carbocycles. The zero-order valence-electron chi connectivity index (χ0n) is 21.6. The average Bonchev–Trinajstić information content (AvgIpc) is 3.38. The summed E-state index contributed by atoms with van der Waals surface area (Å²) >= 11 is 0. The largest absolute Gasteiger partial charge is 0.497 e. The maximum atomic E-state index is 13.2. The molecule has 36 heavy (non-hydrogen) atoms. The number of hydrogen-bond acceptors (Lipinski definition) is 7. The first kappa shape index (κ1) is 30.0. The molecule has 0 aromatic heterocycles. The van der Waals surface area contributed by atoms with Crippen molar-refractivity contribution in [1.29, 1.82) is 0 Å². The van der Waals surface area contributed by atoms with E-state index >= 15 is 0 Å². The van der Waals surface area contributed by atoms with Crippen molar-refractivity contribution in [3.8, 4) is 5.75 Å². The Bertz CT molecular complexity index is 873. The first-order chi connectivity index (χ1) is 17.2. The van der Waals surface area contributed by atoms with E-state index in [1.165, 1.54) is 12.2 Å². The molecule has 200 valence electrons. The van der Waals surface area contributed by atoms with Crippen molar-refractivity contribution >= 4 is 45.1 Å². The van der Waals surface area contributed by atoms with Gasteiger partial charge in [-0.05, 0) is 49.8 Å². The molecule has 0 bridgehead atoms. The first-order valence-corrected chi connectivity index (χ1v) is 15.0. The molecular formula is C26H39N3O5S2. The van der Waals surface area contributed by atoms with Crippen LogP contribution in [0.15, 0.2) is 24.3 Å². The van der Waals surface area contributed by atoms with E-state index in [-0.39, 0.29) is 18.2 Å². The fourth-order valence-corrected chi connectivity index (χ4v) is 6.90. The van der Waals surface area contributed by atoms with Gasteiger partial charge >= 0.3 is 0 Å². The number of carbonyl (C=O) groups excluding carboxylic acids is 4. The third-order valence-electron chi connectivity index (χ3n) is 5.97. The average molecular weight is 538 g/mol. The van der Waals surface area contributed by atoms with E-state index in [2.05, 4.69) is 16.0 Å². The molecule has 1 aliphatic heterocycles. The molecule has 0 aliphatic carbocycles. The Labute approximate surface area is 222 Å². The van der Waals surface area contributed by atoms with Gasteiger partial charge in [0.2, 0.25) is 17.6 Å². The maximum absolute atomic E-state index is 13.2. The number of hydrogen-bond donors (Lipinski definition) is 3. The minimum absolute atomic E-state index is 0.141. The minimum Gasteiger partial charge on any atom is -0.497 e. The number of unbranched alkanes of at least 4 members (excludes halogenated alkanes) is 1. The van der Waals surface area contributed by atoms with Gasteiger partial charge in [0.1, 0.15) is 17.8 Å². The van der Waals surface area contributed by atoms with Crippen LogP contribution in [0.2, 0.25) is 0 Å². The molecule has 1 heterocycles. The molecule has 0 saturated carbocycles. The predicted molar refractivity (Wildman–Crippen MR) is 146 cm³/mol. The second-order valence-electron chi connectivity index (χ2n) is 9.20. The lowest BCUT2D eigenvalue weighted by molar-refractivity contribution is -0.140. The summed E-state index contributed by atoms with van der Waals surface area (Å²) < 4.78 is 5.17. The highest BCUT2D eigenvalue weighted by atomic mass is 33.1. The molecule has 0 spiro atoms. The molecular weight excluding hydrogens is 498 g/mol. The lowest BCUT2D eigenvalue weighted by Gasteiger charge is -2.25. The van der Waals surface area contributed by atoms with E-state index in [0.29, 0.717) is 24.0 Å². The van der Waals surface area contributed by atoms with Gasteiger partial charge < -0.3 is 20.7 Å². The van der Waals surface area contributed by atoms with Crippen molar-refractivity contribution in [2.24, 2.45) is 5.92 Å². The number of nitrogens with one attached hydrogen (secondary N) is 3. The number of amides is 3. The van der Waals surface area contributed by atoms with E-state index in [1.54, 1.807) is 38.3 Å². The van der Waals surface area contributed by atoms with Gasteiger partial charge in [-0.3, -0.25) is 19.2 Å². The van der Waals surface area contributed by atoms with Gasteiger partial charge in [-0.25, -0.2) is 0 Å². The molecule has 3 atom stereocenters. The normalized spacial score (nSPS) is 16.8. The number of benzene rings is 1. The second kappa shape index (κ2) is 15.8. The SMILES string of the molecule is CCNC(=O)C(=O)C(Cc1ccc(OC)cc1)NC(=O)C(NC(=O)CCCCC1CCSS1)C(C)C. The number of ketones is 1. The van der Waals surface area contributed by atoms with Gasteiger partial charge in [0.05, 0.1) is 7.11 Å². The molecule has 10 heteroatoms. The standard InChI is InChI=1S/C26H39N3O5S2/c1-5-27-26(33)24(31)21(16-18-10-12-19(34-4)13-11-18)28-25(32)23(17(2)3)29-22(30)9-7-6-8-20-14-15-35-36-20/h10-13,17,20-21,23H,5-9,14-16H2,1-4H3,(H,27,33)(H,28,32)(H,29,30). The first-order valence-electron chi connectivity index (χ1n) is 12.6. The Hall–Kier alpha value is -2.20.